The molecule has 0 bridgehead atoms. The summed E-state index contributed by atoms with van der Waals surface area (Å²) in [6.45, 7) is 4.85. The molecule has 0 aliphatic rings. The summed E-state index contributed by atoms with van der Waals surface area (Å²) in [5.74, 6) is 1.70. The van der Waals surface area contributed by atoms with E-state index < -0.39 is 0 Å². The van der Waals surface area contributed by atoms with Crippen LogP contribution in [0.5, 0.6) is 11.5 Å². The molecule has 0 spiro atoms. The SMILES string of the molecule is CC[C@H](C)Sc1cc(OC)c(CCNO)cc1OC. The molecule has 4 nitrogen and oxygen atoms in total. The Morgan fingerprint density at radius 2 is 1.95 bits per heavy atom. The number of hydroxylamine groups is 1. The van der Waals surface area contributed by atoms with Crippen LogP contribution in [-0.4, -0.2) is 31.2 Å². The van der Waals surface area contributed by atoms with Crippen LogP contribution in [-0.2, 0) is 6.42 Å². The maximum Gasteiger partial charge on any atom is 0.132 e. The van der Waals surface area contributed by atoms with Gasteiger partial charge in [0, 0.05) is 11.8 Å². The molecule has 0 saturated carbocycles. The Balaban J connectivity index is 3.04. The minimum Gasteiger partial charge on any atom is -0.496 e. The van der Waals surface area contributed by atoms with E-state index in [-0.39, 0.29) is 0 Å². The zero-order valence-electron chi connectivity index (χ0n) is 12.0. The summed E-state index contributed by atoms with van der Waals surface area (Å²) in [7, 11) is 3.34. The van der Waals surface area contributed by atoms with Gasteiger partial charge >= 0.3 is 0 Å². The molecule has 0 unspecified atom stereocenters. The molecule has 2 N–H and O–H groups in total. The molecular formula is C14H23NO3S. The summed E-state index contributed by atoms with van der Waals surface area (Å²) >= 11 is 1.79. The topological polar surface area (TPSA) is 50.7 Å². The molecule has 1 aromatic rings. The van der Waals surface area contributed by atoms with Gasteiger partial charge in [-0.15, -0.1) is 11.8 Å². The fourth-order valence-corrected chi connectivity index (χ4v) is 2.74. The lowest BCUT2D eigenvalue weighted by Crippen LogP contribution is -2.12. The van der Waals surface area contributed by atoms with Gasteiger partial charge in [0.1, 0.15) is 11.5 Å². The largest absolute Gasteiger partial charge is 0.496 e. The molecule has 108 valence electrons. The molecule has 0 amide bonds. The van der Waals surface area contributed by atoms with Gasteiger partial charge in [-0.1, -0.05) is 13.8 Å². The first-order valence-corrected chi connectivity index (χ1v) is 7.32. The lowest BCUT2D eigenvalue weighted by atomic mass is 10.1. The highest BCUT2D eigenvalue weighted by Gasteiger charge is 2.13. The van der Waals surface area contributed by atoms with Crippen molar-refractivity contribution in [1.82, 2.24) is 5.48 Å². The lowest BCUT2D eigenvalue weighted by Gasteiger charge is -2.16. The third-order valence-electron chi connectivity index (χ3n) is 2.98. The second kappa shape index (κ2) is 8.30. The number of hydrogen-bond acceptors (Lipinski definition) is 5. The Bertz CT molecular complexity index is 399. The van der Waals surface area contributed by atoms with E-state index in [4.69, 9.17) is 14.7 Å². The van der Waals surface area contributed by atoms with Crippen LogP contribution in [0.3, 0.4) is 0 Å². The maximum atomic E-state index is 8.70. The second-order valence-electron chi connectivity index (χ2n) is 4.31. The number of thioether (sulfide) groups is 1. The van der Waals surface area contributed by atoms with Gasteiger partial charge in [0.2, 0.25) is 0 Å². The first-order valence-electron chi connectivity index (χ1n) is 6.44. The standard InChI is InChI=1S/C14H23NO3S/c1-5-10(2)19-14-9-12(17-3)11(6-7-15-16)8-13(14)18-4/h8-10,15-16H,5-7H2,1-4H3/t10-/m0/s1. The van der Waals surface area contributed by atoms with Crippen LogP contribution in [0.4, 0.5) is 0 Å². The minimum absolute atomic E-state index is 0.483. The van der Waals surface area contributed by atoms with Gasteiger partial charge in [0.25, 0.3) is 0 Å². The molecule has 0 aliphatic heterocycles. The molecule has 0 aliphatic carbocycles. The normalized spacial score (nSPS) is 12.3. The Kier molecular flexibility index (Phi) is 7.05. The first-order chi connectivity index (χ1) is 9.15. The van der Waals surface area contributed by atoms with Crippen LogP contribution in [0, 0.1) is 0 Å². The van der Waals surface area contributed by atoms with E-state index in [1.165, 1.54) is 0 Å². The average molecular weight is 285 g/mol. The molecule has 0 fully saturated rings. The molecule has 1 aromatic carbocycles. The number of rotatable bonds is 8. The molecule has 0 saturated heterocycles. The monoisotopic (exact) mass is 285 g/mol. The van der Waals surface area contributed by atoms with Crippen molar-refractivity contribution in [1.29, 1.82) is 0 Å². The van der Waals surface area contributed by atoms with Crippen LogP contribution in [0.15, 0.2) is 17.0 Å². The van der Waals surface area contributed by atoms with Gasteiger partial charge in [-0.25, -0.2) is 5.48 Å². The molecule has 1 rings (SSSR count). The summed E-state index contributed by atoms with van der Waals surface area (Å²) < 4.78 is 10.9. The lowest BCUT2D eigenvalue weighted by molar-refractivity contribution is 0.168. The van der Waals surface area contributed by atoms with E-state index in [0.717, 1.165) is 28.4 Å². The number of hydrogen-bond donors (Lipinski definition) is 2. The van der Waals surface area contributed by atoms with Crippen molar-refractivity contribution >= 4 is 11.8 Å². The molecule has 19 heavy (non-hydrogen) atoms. The first kappa shape index (κ1) is 16.1. The summed E-state index contributed by atoms with van der Waals surface area (Å²) in [6.07, 6.45) is 1.79. The summed E-state index contributed by atoms with van der Waals surface area (Å²) in [6, 6.07) is 4.00. The fraction of sp³-hybridized carbons (Fsp3) is 0.571. The summed E-state index contributed by atoms with van der Waals surface area (Å²) in [5, 5.41) is 9.23. The average Bonchev–Trinajstić information content (AvgIpc) is 2.44. The second-order valence-corrected chi connectivity index (χ2v) is 5.79. The van der Waals surface area contributed by atoms with Crippen molar-refractivity contribution in [3.63, 3.8) is 0 Å². The van der Waals surface area contributed by atoms with Crippen LogP contribution >= 0.6 is 11.8 Å². The van der Waals surface area contributed by atoms with Crippen molar-refractivity contribution in [2.45, 2.75) is 36.8 Å². The number of ether oxygens (including phenoxy) is 2. The van der Waals surface area contributed by atoms with Crippen molar-refractivity contribution in [2.24, 2.45) is 0 Å². The molecular weight excluding hydrogens is 262 g/mol. The highest BCUT2D eigenvalue weighted by atomic mass is 32.2. The number of benzene rings is 1. The fourth-order valence-electron chi connectivity index (χ4n) is 1.71. The van der Waals surface area contributed by atoms with E-state index in [2.05, 4.69) is 19.3 Å². The van der Waals surface area contributed by atoms with E-state index >= 15 is 0 Å². The van der Waals surface area contributed by atoms with E-state index in [9.17, 15) is 0 Å². The van der Waals surface area contributed by atoms with Gasteiger partial charge < -0.3 is 14.7 Å². The molecule has 0 heterocycles. The van der Waals surface area contributed by atoms with Crippen molar-refractivity contribution in [3.05, 3.63) is 17.7 Å². The van der Waals surface area contributed by atoms with Gasteiger partial charge in [0.05, 0.1) is 19.1 Å². The zero-order chi connectivity index (χ0) is 14.3. The van der Waals surface area contributed by atoms with Crippen LogP contribution in [0.2, 0.25) is 0 Å². The third kappa shape index (κ3) is 4.60. The van der Waals surface area contributed by atoms with E-state index in [1.807, 2.05) is 12.1 Å². The van der Waals surface area contributed by atoms with Gasteiger partial charge in [-0.2, -0.15) is 0 Å². The van der Waals surface area contributed by atoms with Crippen LogP contribution < -0.4 is 15.0 Å². The Morgan fingerprint density at radius 1 is 1.26 bits per heavy atom. The van der Waals surface area contributed by atoms with Crippen LogP contribution in [0.1, 0.15) is 25.8 Å². The van der Waals surface area contributed by atoms with Crippen molar-refractivity contribution in [2.75, 3.05) is 20.8 Å². The molecule has 0 aromatic heterocycles. The van der Waals surface area contributed by atoms with Crippen LogP contribution in [0.25, 0.3) is 0 Å². The number of methoxy groups -OCH3 is 2. The van der Waals surface area contributed by atoms with E-state index in [1.54, 1.807) is 26.0 Å². The Hall–Kier alpha value is -0.910. The smallest absolute Gasteiger partial charge is 0.132 e. The highest BCUT2D eigenvalue weighted by molar-refractivity contribution is 8.00. The maximum absolute atomic E-state index is 8.70. The molecule has 5 heteroatoms. The summed E-state index contributed by atoms with van der Waals surface area (Å²) in [4.78, 5) is 1.09. The predicted molar refractivity (Wildman–Crippen MR) is 78.6 cm³/mol. The quantitative estimate of drug-likeness (QED) is 0.568. The minimum atomic E-state index is 0.483. The van der Waals surface area contributed by atoms with Gasteiger partial charge in [0.15, 0.2) is 0 Å². The molecule has 0 radical (unpaired) electrons. The Labute approximate surface area is 119 Å². The van der Waals surface area contributed by atoms with E-state index in [0.29, 0.717) is 18.2 Å². The third-order valence-corrected chi connectivity index (χ3v) is 4.28. The van der Waals surface area contributed by atoms with Gasteiger partial charge in [-0.05, 0) is 30.5 Å². The number of nitrogens with one attached hydrogen (secondary N) is 1. The van der Waals surface area contributed by atoms with Crippen molar-refractivity contribution < 1.29 is 14.7 Å². The highest BCUT2D eigenvalue weighted by Crippen LogP contribution is 2.38. The Morgan fingerprint density at radius 3 is 2.47 bits per heavy atom. The molecule has 1 atom stereocenters. The zero-order valence-corrected chi connectivity index (χ0v) is 12.8. The predicted octanol–water partition coefficient (Wildman–Crippen LogP) is 3.12. The van der Waals surface area contributed by atoms with Crippen molar-refractivity contribution in [3.8, 4) is 11.5 Å². The van der Waals surface area contributed by atoms with Gasteiger partial charge in [-0.3, -0.25) is 0 Å². The summed E-state index contributed by atoms with van der Waals surface area (Å²) in [5.41, 5.74) is 3.18.